The van der Waals surface area contributed by atoms with E-state index in [1.807, 2.05) is 0 Å². The van der Waals surface area contributed by atoms with Crippen LogP contribution in [0.5, 0.6) is 0 Å². The SMILES string of the molecule is CCCCCCCC/C=C\CCCCCCCC(=O)O.NC(N)=NCCC[C@H](N)C(=O)O. The van der Waals surface area contributed by atoms with Gasteiger partial charge in [0.25, 0.3) is 0 Å². The largest absolute Gasteiger partial charge is 0.481 e. The zero-order valence-corrected chi connectivity index (χ0v) is 20.1. The molecule has 0 aromatic carbocycles. The van der Waals surface area contributed by atoms with Crippen molar-refractivity contribution >= 4 is 17.9 Å². The van der Waals surface area contributed by atoms with E-state index in [2.05, 4.69) is 24.1 Å². The van der Waals surface area contributed by atoms with Crippen molar-refractivity contribution in [2.24, 2.45) is 22.2 Å². The fourth-order valence-corrected chi connectivity index (χ4v) is 2.99. The molecule has 0 saturated carbocycles. The maximum atomic E-state index is 10.3. The maximum absolute atomic E-state index is 10.3. The summed E-state index contributed by atoms with van der Waals surface area (Å²) in [4.78, 5) is 24.2. The van der Waals surface area contributed by atoms with Gasteiger partial charge in [-0.15, -0.1) is 0 Å². The minimum Gasteiger partial charge on any atom is -0.481 e. The van der Waals surface area contributed by atoms with Crippen molar-refractivity contribution in [2.75, 3.05) is 6.54 Å². The second kappa shape index (κ2) is 25.2. The average Bonchev–Trinajstić information content (AvgIpc) is 2.74. The van der Waals surface area contributed by atoms with Gasteiger partial charge in [0.05, 0.1) is 0 Å². The molecule has 0 amide bonds. The van der Waals surface area contributed by atoms with Crippen LogP contribution in [0.25, 0.3) is 0 Å². The van der Waals surface area contributed by atoms with Gasteiger partial charge >= 0.3 is 11.9 Å². The number of hydrogen-bond acceptors (Lipinski definition) is 4. The first-order valence-corrected chi connectivity index (χ1v) is 12.2. The molecule has 0 fully saturated rings. The van der Waals surface area contributed by atoms with Gasteiger partial charge in [0.15, 0.2) is 5.96 Å². The highest BCUT2D eigenvalue weighted by Gasteiger charge is 2.09. The van der Waals surface area contributed by atoms with Crippen molar-refractivity contribution in [3.05, 3.63) is 12.2 Å². The molecule has 32 heavy (non-hydrogen) atoms. The number of nitrogens with two attached hydrogens (primary N) is 3. The highest BCUT2D eigenvalue weighted by Crippen LogP contribution is 2.09. The first-order valence-electron chi connectivity index (χ1n) is 12.2. The monoisotopic (exact) mass is 456 g/mol. The number of aliphatic carboxylic acids is 2. The van der Waals surface area contributed by atoms with Crippen molar-refractivity contribution in [3.63, 3.8) is 0 Å². The summed E-state index contributed by atoms with van der Waals surface area (Å²) in [5.41, 5.74) is 15.3. The Hall–Kier alpha value is -2.09. The lowest BCUT2D eigenvalue weighted by Crippen LogP contribution is -2.30. The molecule has 0 aliphatic heterocycles. The van der Waals surface area contributed by atoms with E-state index in [0.717, 1.165) is 12.8 Å². The summed E-state index contributed by atoms with van der Waals surface area (Å²) in [5.74, 6) is -1.65. The van der Waals surface area contributed by atoms with Gasteiger partial charge in [-0.1, -0.05) is 70.4 Å². The molecule has 8 heteroatoms. The fraction of sp³-hybridized carbons (Fsp3) is 0.792. The lowest BCUT2D eigenvalue weighted by Gasteiger charge is -2.03. The molecule has 0 aromatic heterocycles. The summed E-state index contributed by atoms with van der Waals surface area (Å²) in [5, 5.41) is 16.9. The quantitative estimate of drug-likeness (QED) is 0.0774. The molecule has 0 aromatic rings. The standard InChI is InChI=1S/C18H34O2.C6H14N4O2/c1-2-3-4-5-6-7-8-9-10-11-12-13-14-15-16-17-18(19)20;7-4(5(11)12)2-1-3-10-6(8)9/h9-10H,2-8,11-17H2,1H3,(H,19,20);4H,1-3,7H2,(H,11,12)(H4,8,9,10)/b10-9-;/t;4-/m.0/s1. The smallest absolute Gasteiger partial charge is 0.320 e. The third-order valence-corrected chi connectivity index (χ3v) is 4.94. The Bertz CT molecular complexity index is 506. The van der Waals surface area contributed by atoms with Crippen molar-refractivity contribution in [1.29, 1.82) is 0 Å². The molecule has 0 radical (unpaired) electrons. The molecule has 8 nitrogen and oxygen atoms in total. The molecule has 0 aliphatic rings. The summed E-state index contributed by atoms with van der Waals surface area (Å²) in [6.45, 7) is 2.68. The minimum atomic E-state index is -1.00. The van der Waals surface area contributed by atoms with Crippen LogP contribution in [0.15, 0.2) is 17.1 Å². The van der Waals surface area contributed by atoms with Crippen LogP contribution in [0, 0.1) is 0 Å². The van der Waals surface area contributed by atoms with E-state index in [0.29, 0.717) is 25.8 Å². The van der Waals surface area contributed by atoms with Crippen LogP contribution in [0.4, 0.5) is 0 Å². The molecule has 0 bridgehead atoms. The molecular formula is C24H48N4O4. The molecule has 188 valence electrons. The Balaban J connectivity index is 0. The van der Waals surface area contributed by atoms with Crippen LogP contribution in [-0.4, -0.2) is 40.7 Å². The van der Waals surface area contributed by atoms with E-state index < -0.39 is 18.0 Å². The van der Waals surface area contributed by atoms with E-state index >= 15 is 0 Å². The lowest BCUT2D eigenvalue weighted by atomic mass is 10.1. The molecule has 0 heterocycles. The minimum absolute atomic E-state index is 0.0129. The Morgan fingerprint density at radius 1 is 0.812 bits per heavy atom. The number of aliphatic imine (C=N–C) groups is 1. The van der Waals surface area contributed by atoms with E-state index in [-0.39, 0.29) is 5.96 Å². The first kappa shape index (κ1) is 32.1. The topological polar surface area (TPSA) is 165 Å². The van der Waals surface area contributed by atoms with Gasteiger partial charge in [-0.05, 0) is 44.9 Å². The number of hydrogen-bond donors (Lipinski definition) is 5. The van der Waals surface area contributed by atoms with E-state index in [9.17, 15) is 9.59 Å². The second-order valence-electron chi connectivity index (χ2n) is 8.12. The number of allylic oxidation sites excluding steroid dienone is 2. The van der Waals surface area contributed by atoms with Gasteiger partial charge in [0.2, 0.25) is 0 Å². The average molecular weight is 457 g/mol. The number of rotatable bonds is 20. The third-order valence-electron chi connectivity index (χ3n) is 4.94. The van der Waals surface area contributed by atoms with Crippen LogP contribution in [0.3, 0.4) is 0 Å². The predicted octanol–water partition coefficient (Wildman–Crippen LogP) is 4.56. The van der Waals surface area contributed by atoms with Crippen molar-refractivity contribution in [1.82, 2.24) is 0 Å². The van der Waals surface area contributed by atoms with Gasteiger partial charge in [-0.3, -0.25) is 14.6 Å². The summed E-state index contributed by atoms with van der Waals surface area (Å²) >= 11 is 0. The lowest BCUT2D eigenvalue weighted by molar-refractivity contribution is -0.139. The fourth-order valence-electron chi connectivity index (χ4n) is 2.99. The van der Waals surface area contributed by atoms with Crippen LogP contribution < -0.4 is 17.2 Å². The highest BCUT2D eigenvalue weighted by atomic mass is 16.4. The van der Waals surface area contributed by atoms with Gasteiger partial charge in [-0.25, -0.2) is 0 Å². The molecule has 1 atom stereocenters. The van der Waals surface area contributed by atoms with E-state index in [4.69, 9.17) is 27.4 Å². The molecule has 0 saturated heterocycles. The van der Waals surface area contributed by atoms with Gasteiger partial charge in [-0.2, -0.15) is 0 Å². The van der Waals surface area contributed by atoms with E-state index in [1.54, 1.807) is 0 Å². The molecule has 0 unspecified atom stereocenters. The highest BCUT2D eigenvalue weighted by molar-refractivity contribution is 5.75. The number of carbonyl (C=O) groups is 2. The van der Waals surface area contributed by atoms with Crippen LogP contribution >= 0.6 is 0 Å². The number of nitrogens with zero attached hydrogens (tertiary/aromatic N) is 1. The Morgan fingerprint density at radius 2 is 1.31 bits per heavy atom. The maximum Gasteiger partial charge on any atom is 0.320 e. The summed E-state index contributed by atoms with van der Waals surface area (Å²) in [7, 11) is 0. The predicted molar refractivity (Wildman–Crippen MR) is 133 cm³/mol. The summed E-state index contributed by atoms with van der Waals surface area (Å²) in [6.07, 6.45) is 22.2. The molecule has 0 spiro atoms. The zero-order chi connectivity index (χ0) is 24.5. The van der Waals surface area contributed by atoms with Crippen LogP contribution in [0.2, 0.25) is 0 Å². The van der Waals surface area contributed by atoms with Crippen molar-refractivity contribution in [2.45, 2.75) is 116 Å². The van der Waals surface area contributed by atoms with Crippen molar-refractivity contribution < 1.29 is 19.8 Å². The van der Waals surface area contributed by atoms with Crippen molar-refractivity contribution in [3.8, 4) is 0 Å². The van der Waals surface area contributed by atoms with Crippen LogP contribution in [-0.2, 0) is 9.59 Å². The molecule has 0 aliphatic carbocycles. The van der Waals surface area contributed by atoms with Crippen LogP contribution in [0.1, 0.15) is 110 Å². The first-order chi connectivity index (χ1) is 15.3. The number of carboxylic acid groups (broad SMARTS) is 2. The Kier molecular flexibility index (Phi) is 25.2. The van der Waals surface area contributed by atoms with Gasteiger partial charge in [0.1, 0.15) is 6.04 Å². The van der Waals surface area contributed by atoms with Gasteiger partial charge in [0, 0.05) is 13.0 Å². The number of guanidine groups is 1. The Labute approximate surface area is 194 Å². The van der Waals surface area contributed by atoms with Gasteiger partial charge < -0.3 is 27.4 Å². The zero-order valence-electron chi connectivity index (χ0n) is 20.1. The third kappa shape index (κ3) is 30.1. The summed E-state index contributed by atoms with van der Waals surface area (Å²) < 4.78 is 0. The second-order valence-corrected chi connectivity index (χ2v) is 8.12. The molecule has 0 rings (SSSR count). The molecule has 8 N–H and O–H groups in total. The molecular weight excluding hydrogens is 408 g/mol. The Morgan fingerprint density at radius 3 is 1.78 bits per heavy atom. The normalized spacial score (nSPS) is 11.6. The number of carboxylic acids is 2. The summed E-state index contributed by atoms with van der Waals surface area (Å²) in [6, 6.07) is -0.820. The van der Waals surface area contributed by atoms with E-state index in [1.165, 1.54) is 70.6 Å². The number of unbranched alkanes of at least 4 members (excludes halogenated alkanes) is 11.